The highest BCUT2D eigenvalue weighted by atomic mass is 16.3. The Morgan fingerprint density at radius 1 is 1.69 bits per heavy atom. The number of hydrogen-bond donors (Lipinski definition) is 2. The van der Waals surface area contributed by atoms with Gasteiger partial charge >= 0.3 is 0 Å². The summed E-state index contributed by atoms with van der Waals surface area (Å²) in [6.07, 6.45) is 5.54. The maximum absolute atomic E-state index is 8.75. The lowest BCUT2D eigenvalue weighted by Crippen LogP contribution is -2.26. The molecule has 3 N–H and O–H groups in total. The van der Waals surface area contributed by atoms with Crippen LogP contribution >= 0.6 is 0 Å². The van der Waals surface area contributed by atoms with E-state index in [-0.39, 0.29) is 12.6 Å². The number of nitrogens with two attached hydrogens (primary N) is 1. The van der Waals surface area contributed by atoms with Crippen LogP contribution in [0.1, 0.15) is 19.0 Å². The highest BCUT2D eigenvalue weighted by Crippen LogP contribution is 2.00. The Morgan fingerprint density at radius 2 is 2.46 bits per heavy atom. The highest BCUT2D eigenvalue weighted by molar-refractivity contribution is 4.99. The minimum atomic E-state index is -0.190. The van der Waals surface area contributed by atoms with E-state index < -0.39 is 0 Å². The Bertz CT molecular complexity index is 247. The average Bonchev–Trinajstić information content (AvgIpc) is 2.53. The molecule has 0 radical (unpaired) electrons. The van der Waals surface area contributed by atoms with Gasteiger partial charge in [0.05, 0.1) is 18.6 Å². The lowest BCUT2D eigenvalue weighted by atomic mass is 10.2. The number of aliphatic hydroxyl groups is 1. The van der Waals surface area contributed by atoms with Crippen molar-refractivity contribution in [1.29, 1.82) is 0 Å². The van der Waals surface area contributed by atoms with Crippen LogP contribution in [0.2, 0.25) is 0 Å². The van der Waals surface area contributed by atoms with Crippen LogP contribution in [0.5, 0.6) is 0 Å². The van der Waals surface area contributed by atoms with Crippen molar-refractivity contribution in [1.82, 2.24) is 9.55 Å². The van der Waals surface area contributed by atoms with Crippen LogP contribution in [0.4, 0.5) is 0 Å². The molecule has 1 aromatic heterocycles. The molecule has 0 aliphatic heterocycles. The zero-order valence-electron chi connectivity index (χ0n) is 7.98. The molecule has 4 heteroatoms. The second kappa shape index (κ2) is 4.99. The molecule has 13 heavy (non-hydrogen) atoms. The van der Waals surface area contributed by atoms with Crippen molar-refractivity contribution >= 4 is 0 Å². The van der Waals surface area contributed by atoms with Crippen LogP contribution in [-0.4, -0.2) is 27.3 Å². The summed E-state index contributed by atoms with van der Waals surface area (Å²) in [4.78, 5) is 4.19. The summed E-state index contributed by atoms with van der Waals surface area (Å²) in [6.45, 7) is 3.13. The monoisotopic (exact) mass is 183 g/mol. The molecular weight excluding hydrogens is 166 g/mol. The maximum atomic E-state index is 8.75. The Kier molecular flexibility index (Phi) is 3.92. The van der Waals surface area contributed by atoms with Gasteiger partial charge in [0, 0.05) is 25.2 Å². The smallest absolute Gasteiger partial charge is 0.0949 e. The van der Waals surface area contributed by atoms with Crippen molar-refractivity contribution < 1.29 is 5.11 Å². The summed E-state index contributed by atoms with van der Waals surface area (Å²) in [7, 11) is 0. The van der Waals surface area contributed by atoms with Crippen molar-refractivity contribution in [3.8, 4) is 0 Å². The van der Waals surface area contributed by atoms with E-state index in [1.165, 1.54) is 0 Å². The second-order valence-electron chi connectivity index (χ2n) is 3.25. The summed E-state index contributed by atoms with van der Waals surface area (Å²) >= 11 is 0. The van der Waals surface area contributed by atoms with E-state index in [1.54, 1.807) is 0 Å². The van der Waals surface area contributed by atoms with E-state index in [1.807, 2.05) is 17.1 Å². The Balaban J connectivity index is 2.48. The van der Waals surface area contributed by atoms with Gasteiger partial charge in [0.1, 0.15) is 0 Å². The summed E-state index contributed by atoms with van der Waals surface area (Å²) in [5.41, 5.74) is 6.54. The SMILES string of the molecule is CCCn1cnc(CC(N)CO)c1. The topological polar surface area (TPSA) is 64.1 Å². The Morgan fingerprint density at radius 3 is 3.08 bits per heavy atom. The molecule has 1 atom stereocenters. The zero-order chi connectivity index (χ0) is 9.68. The quantitative estimate of drug-likeness (QED) is 0.683. The molecule has 1 unspecified atom stereocenters. The van der Waals surface area contributed by atoms with Crippen LogP contribution in [-0.2, 0) is 13.0 Å². The van der Waals surface area contributed by atoms with Crippen molar-refractivity contribution in [2.24, 2.45) is 5.73 Å². The molecule has 0 aromatic carbocycles. The fourth-order valence-corrected chi connectivity index (χ4v) is 1.23. The molecule has 0 fully saturated rings. The normalized spacial score (nSPS) is 13.2. The van der Waals surface area contributed by atoms with Gasteiger partial charge in [0.2, 0.25) is 0 Å². The molecule has 0 aliphatic carbocycles. The van der Waals surface area contributed by atoms with Crippen LogP contribution in [0, 0.1) is 0 Å². The van der Waals surface area contributed by atoms with Gasteiger partial charge < -0.3 is 15.4 Å². The number of aryl methyl sites for hydroxylation is 1. The molecule has 1 aromatic rings. The summed E-state index contributed by atoms with van der Waals surface area (Å²) in [5, 5.41) is 8.75. The number of aliphatic hydroxyl groups excluding tert-OH is 1. The second-order valence-corrected chi connectivity index (χ2v) is 3.25. The standard InChI is InChI=1S/C9H17N3O/c1-2-3-12-5-9(11-7-12)4-8(10)6-13/h5,7-8,13H,2-4,6,10H2,1H3. The molecule has 1 rings (SSSR count). The van der Waals surface area contributed by atoms with E-state index in [4.69, 9.17) is 10.8 Å². The van der Waals surface area contributed by atoms with E-state index in [0.29, 0.717) is 6.42 Å². The molecule has 0 spiro atoms. The van der Waals surface area contributed by atoms with E-state index in [0.717, 1.165) is 18.7 Å². The largest absolute Gasteiger partial charge is 0.395 e. The van der Waals surface area contributed by atoms with Gasteiger partial charge in [-0.1, -0.05) is 6.92 Å². The molecule has 0 saturated heterocycles. The van der Waals surface area contributed by atoms with Crippen molar-refractivity contribution in [3.05, 3.63) is 18.2 Å². The zero-order valence-corrected chi connectivity index (χ0v) is 7.98. The lowest BCUT2D eigenvalue weighted by molar-refractivity contribution is 0.264. The fraction of sp³-hybridized carbons (Fsp3) is 0.667. The Hall–Kier alpha value is -0.870. The molecule has 74 valence electrons. The van der Waals surface area contributed by atoms with Crippen LogP contribution in [0.25, 0.3) is 0 Å². The third-order valence-electron chi connectivity index (χ3n) is 1.87. The number of rotatable bonds is 5. The molecule has 0 amide bonds. The number of aromatic nitrogens is 2. The first-order chi connectivity index (χ1) is 6.26. The van der Waals surface area contributed by atoms with Gasteiger partial charge in [-0.05, 0) is 6.42 Å². The van der Waals surface area contributed by atoms with Gasteiger partial charge in [-0.15, -0.1) is 0 Å². The van der Waals surface area contributed by atoms with Gasteiger partial charge in [0.25, 0.3) is 0 Å². The van der Waals surface area contributed by atoms with Gasteiger partial charge in [0.15, 0.2) is 0 Å². The number of hydrogen-bond acceptors (Lipinski definition) is 3. The summed E-state index contributed by atoms with van der Waals surface area (Å²) in [6, 6.07) is -0.190. The highest BCUT2D eigenvalue weighted by Gasteiger charge is 2.04. The van der Waals surface area contributed by atoms with E-state index >= 15 is 0 Å². The predicted octanol–water partition coefficient (Wildman–Crippen LogP) is 0.155. The van der Waals surface area contributed by atoms with Gasteiger partial charge in [-0.2, -0.15) is 0 Å². The molecular formula is C9H17N3O. The maximum Gasteiger partial charge on any atom is 0.0949 e. The van der Waals surface area contributed by atoms with Crippen LogP contribution < -0.4 is 5.73 Å². The Labute approximate surface area is 78.4 Å². The molecule has 4 nitrogen and oxygen atoms in total. The van der Waals surface area contributed by atoms with Gasteiger partial charge in [-0.25, -0.2) is 4.98 Å². The van der Waals surface area contributed by atoms with Crippen LogP contribution in [0.15, 0.2) is 12.5 Å². The number of imidazole rings is 1. The van der Waals surface area contributed by atoms with Crippen LogP contribution in [0.3, 0.4) is 0 Å². The molecule has 1 heterocycles. The first-order valence-electron chi connectivity index (χ1n) is 4.63. The predicted molar refractivity (Wildman–Crippen MR) is 51.3 cm³/mol. The van der Waals surface area contributed by atoms with Gasteiger partial charge in [-0.3, -0.25) is 0 Å². The average molecular weight is 183 g/mol. The summed E-state index contributed by atoms with van der Waals surface area (Å²) in [5.74, 6) is 0. The third-order valence-corrected chi connectivity index (χ3v) is 1.87. The molecule has 0 aliphatic rings. The first-order valence-corrected chi connectivity index (χ1v) is 4.63. The van der Waals surface area contributed by atoms with E-state index in [9.17, 15) is 0 Å². The molecule has 0 saturated carbocycles. The van der Waals surface area contributed by atoms with Crippen molar-refractivity contribution in [2.75, 3.05) is 6.61 Å². The minimum Gasteiger partial charge on any atom is -0.395 e. The van der Waals surface area contributed by atoms with E-state index in [2.05, 4.69) is 11.9 Å². The first kappa shape index (κ1) is 10.2. The number of nitrogens with zero attached hydrogens (tertiary/aromatic N) is 2. The third kappa shape index (κ3) is 3.16. The van der Waals surface area contributed by atoms with Crippen molar-refractivity contribution in [3.63, 3.8) is 0 Å². The minimum absolute atomic E-state index is 0.0145. The molecule has 0 bridgehead atoms. The fourth-order valence-electron chi connectivity index (χ4n) is 1.23. The van der Waals surface area contributed by atoms with Crippen molar-refractivity contribution in [2.45, 2.75) is 32.4 Å². The summed E-state index contributed by atoms with van der Waals surface area (Å²) < 4.78 is 2.04. The lowest BCUT2D eigenvalue weighted by Gasteiger charge is -2.03.